The van der Waals surface area contributed by atoms with Crippen molar-refractivity contribution in [1.29, 1.82) is 0 Å². The van der Waals surface area contributed by atoms with Gasteiger partial charge < -0.3 is 21.4 Å². The van der Waals surface area contributed by atoms with Gasteiger partial charge in [-0.2, -0.15) is 0 Å². The van der Waals surface area contributed by atoms with Gasteiger partial charge in [-0.1, -0.05) is 28.9 Å². The summed E-state index contributed by atoms with van der Waals surface area (Å²) in [6.07, 6.45) is 12.4. The lowest BCUT2D eigenvalue weighted by Crippen LogP contribution is -2.34. The van der Waals surface area contributed by atoms with E-state index in [2.05, 4.69) is 49.5 Å². The molecule has 0 heterocycles. The van der Waals surface area contributed by atoms with E-state index in [0.29, 0.717) is 19.1 Å². The molecule has 1 unspecified atom stereocenters. The van der Waals surface area contributed by atoms with Crippen LogP contribution >= 0.6 is 15.9 Å². The number of hydrogen-bond acceptors (Lipinski definition) is 5. The molecule has 1 rings (SSSR count). The highest BCUT2D eigenvalue weighted by Gasteiger charge is 2.24. The van der Waals surface area contributed by atoms with Crippen molar-refractivity contribution in [3.8, 4) is 0 Å². The number of rotatable bonds is 11. The molecule has 0 spiro atoms. The fourth-order valence-electron chi connectivity index (χ4n) is 2.00. The van der Waals surface area contributed by atoms with Crippen LogP contribution < -0.4 is 22.2 Å². The zero-order valence-corrected chi connectivity index (χ0v) is 17.5. The van der Waals surface area contributed by atoms with Crippen LogP contribution in [-0.4, -0.2) is 49.4 Å². The number of aliphatic imine (C=N–C) groups is 2. The second kappa shape index (κ2) is 12.8. The van der Waals surface area contributed by atoms with Crippen LogP contribution in [0.5, 0.6) is 0 Å². The monoisotopic (exact) mass is 425 g/mol. The number of amidine groups is 1. The lowest BCUT2D eigenvalue weighted by molar-refractivity contribution is 0.381. The molecule has 1 saturated carbocycles. The Morgan fingerprint density at radius 3 is 2.77 bits per heavy atom. The molecule has 0 amide bonds. The van der Waals surface area contributed by atoms with E-state index in [1.54, 1.807) is 11.2 Å². The Morgan fingerprint density at radius 1 is 1.42 bits per heavy atom. The molecule has 146 valence electrons. The number of nitrogens with zero attached hydrogens (tertiary/aromatic N) is 3. The summed E-state index contributed by atoms with van der Waals surface area (Å²) >= 11 is 3.41. The molecule has 0 saturated heterocycles. The Labute approximate surface area is 165 Å². The number of allylic oxidation sites excluding steroid dienone is 1. The Kier molecular flexibility index (Phi) is 11.1. The molecule has 0 aromatic heterocycles. The molecule has 0 bridgehead atoms. The average Bonchev–Trinajstić information content (AvgIpc) is 3.48. The number of nitrogens with one attached hydrogen (secondary N) is 2. The third kappa shape index (κ3) is 9.86. The standard InChI is InChI=1S/C18H32BrN7/c1-4-15(19)11-24-13-25-18(22-3)14(2)7-9-23-12-16(20)8-10-26(21)17-5-6-17/h7-8,10-11,13,16-17,23H,4-6,9,12,20-21H2,1-3H3,(H,22,24,25)/b10-8?,14-7+,15-11-. The number of halogens is 1. The topological polar surface area (TPSA) is 104 Å². The molecule has 7 nitrogen and oxygen atoms in total. The maximum Gasteiger partial charge on any atom is 0.130 e. The van der Waals surface area contributed by atoms with Crippen molar-refractivity contribution in [3.63, 3.8) is 0 Å². The summed E-state index contributed by atoms with van der Waals surface area (Å²) in [6, 6.07) is 0.431. The van der Waals surface area contributed by atoms with E-state index in [4.69, 9.17) is 11.6 Å². The summed E-state index contributed by atoms with van der Waals surface area (Å²) in [6.45, 7) is 5.45. The lowest BCUT2D eigenvalue weighted by Gasteiger charge is -2.13. The molecule has 8 heteroatoms. The molecule has 26 heavy (non-hydrogen) atoms. The zero-order chi connectivity index (χ0) is 19.4. The zero-order valence-electron chi connectivity index (χ0n) is 16.0. The van der Waals surface area contributed by atoms with Crippen molar-refractivity contribution in [1.82, 2.24) is 15.6 Å². The van der Waals surface area contributed by atoms with Gasteiger partial charge in [0.1, 0.15) is 12.2 Å². The van der Waals surface area contributed by atoms with Crippen molar-refractivity contribution in [2.24, 2.45) is 21.6 Å². The van der Waals surface area contributed by atoms with Gasteiger partial charge in [0.25, 0.3) is 0 Å². The van der Waals surface area contributed by atoms with Gasteiger partial charge in [-0.25, -0.2) is 15.8 Å². The average molecular weight is 426 g/mol. The second-order valence-electron chi connectivity index (χ2n) is 6.15. The van der Waals surface area contributed by atoms with Gasteiger partial charge in [0.15, 0.2) is 0 Å². The fourth-order valence-corrected chi connectivity index (χ4v) is 2.12. The van der Waals surface area contributed by atoms with Crippen molar-refractivity contribution in [2.75, 3.05) is 20.1 Å². The number of hydrogen-bond donors (Lipinski definition) is 4. The molecule has 0 aliphatic heterocycles. The van der Waals surface area contributed by atoms with E-state index in [-0.39, 0.29) is 6.04 Å². The van der Waals surface area contributed by atoms with Gasteiger partial charge in [0, 0.05) is 49.1 Å². The largest absolute Gasteiger partial charge is 0.373 e. The van der Waals surface area contributed by atoms with Crippen molar-refractivity contribution >= 4 is 28.1 Å². The van der Waals surface area contributed by atoms with Gasteiger partial charge in [-0.3, -0.25) is 0 Å². The Balaban J connectivity index is 2.37. The van der Waals surface area contributed by atoms with Crippen LogP contribution in [0.4, 0.5) is 0 Å². The maximum absolute atomic E-state index is 6.05. The predicted octanol–water partition coefficient (Wildman–Crippen LogP) is 1.99. The van der Waals surface area contributed by atoms with Crippen LogP contribution in [0.15, 0.2) is 44.6 Å². The molecule has 1 aliphatic rings. The third-order valence-electron chi connectivity index (χ3n) is 3.82. The molecular weight excluding hydrogens is 394 g/mol. The lowest BCUT2D eigenvalue weighted by atomic mass is 10.2. The van der Waals surface area contributed by atoms with Crippen molar-refractivity contribution in [3.05, 3.63) is 34.6 Å². The predicted molar refractivity (Wildman–Crippen MR) is 115 cm³/mol. The first-order valence-electron chi connectivity index (χ1n) is 8.94. The molecule has 0 aromatic rings. The van der Waals surface area contributed by atoms with Crippen LogP contribution in [0, 0.1) is 0 Å². The van der Waals surface area contributed by atoms with Crippen molar-refractivity contribution in [2.45, 2.75) is 45.2 Å². The van der Waals surface area contributed by atoms with Crippen LogP contribution in [0.3, 0.4) is 0 Å². The minimum absolute atomic E-state index is 0.0677. The quantitative estimate of drug-likeness (QED) is 0.133. The molecule has 1 atom stereocenters. The van der Waals surface area contributed by atoms with E-state index >= 15 is 0 Å². The van der Waals surface area contributed by atoms with E-state index in [1.807, 2.05) is 26.2 Å². The minimum atomic E-state index is -0.0677. The van der Waals surface area contributed by atoms with Crippen LogP contribution in [0.1, 0.15) is 33.1 Å². The molecule has 6 N–H and O–H groups in total. The molecule has 1 fully saturated rings. The highest BCUT2D eigenvalue weighted by atomic mass is 79.9. The van der Waals surface area contributed by atoms with Gasteiger partial charge in [0.05, 0.1) is 0 Å². The normalized spacial score (nSPS) is 18.0. The van der Waals surface area contributed by atoms with E-state index < -0.39 is 0 Å². The first-order valence-corrected chi connectivity index (χ1v) is 9.73. The van der Waals surface area contributed by atoms with Gasteiger partial charge in [-0.15, -0.1) is 0 Å². The second-order valence-corrected chi connectivity index (χ2v) is 7.17. The van der Waals surface area contributed by atoms with E-state index in [0.717, 1.165) is 22.3 Å². The molecule has 0 radical (unpaired) electrons. The third-order valence-corrected chi connectivity index (χ3v) is 4.59. The first kappa shape index (κ1) is 22.6. The summed E-state index contributed by atoms with van der Waals surface area (Å²) in [7, 11) is 1.84. The molecule has 0 aromatic carbocycles. The maximum atomic E-state index is 6.05. The van der Waals surface area contributed by atoms with E-state index in [9.17, 15) is 0 Å². The van der Waals surface area contributed by atoms with Crippen LogP contribution in [0.2, 0.25) is 0 Å². The van der Waals surface area contributed by atoms with Crippen LogP contribution in [-0.2, 0) is 0 Å². The highest BCUT2D eigenvalue weighted by Crippen LogP contribution is 2.24. The number of hydrazine groups is 1. The highest BCUT2D eigenvalue weighted by molar-refractivity contribution is 9.11. The van der Waals surface area contributed by atoms with Gasteiger partial charge >= 0.3 is 0 Å². The first-order chi connectivity index (χ1) is 12.5. The van der Waals surface area contributed by atoms with Crippen LogP contribution in [0.25, 0.3) is 0 Å². The number of nitrogens with two attached hydrogens (primary N) is 2. The Bertz CT molecular complexity index is 562. The summed E-state index contributed by atoms with van der Waals surface area (Å²) in [4.78, 5) is 8.47. The fraction of sp³-hybridized carbons (Fsp3) is 0.556. The van der Waals surface area contributed by atoms with Gasteiger partial charge in [0.2, 0.25) is 0 Å². The number of likely N-dealkylation sites (N-methyl/N-ethyl adjacent to an activating group) is 1. The summed E-state index contributed by atoms with van der Waals surface area (Å²) < 4.78 is 1.03. The van der Waals surface area contributed by atoms with E-state index in [1.165, 1.54) is 19.2 Å². The minimum Gasteiger partial charge on any atom is -0.373 e. The molecular formula is C18H32BrN7. The summed E-state index contributed by atoms with van der Waals surface area (Å²) in [5.41, 5.74) is 7.09. The SMILES string of the molecule is CC/C(Br)=C/N=C\N=C(NC)/C(C)=C/CNCC(N)C=CN(N)C1CC1. The van der Waals surface area contributed by atoms with Crippen molar-refractivity contribution < 1.29 is 0 Å². The smallest absolute Gasteiger partial charge is 0.130 e. The Morgan fingerprint density at radius 2 is 2.15 bits per heavy atom. The Hall–Kier alpha value is -1.48. The summed E-state index contributed by atoms with van der Waals surface area (Å²) in [5, 5.41) is 8.13. The van der Waals surface area contributed by atoms with Gasteiger partial charge in [-0.05, 0) is 37.8 Å². The molecule has 1 aliphatic carbocycles. The summed E-state index contributed by atoms with van der Waals surface area (Å²) in [5.74, 6) is 6.65.